The summed E-state index contributed by atoms with van der Waals surface area (Å²) in [6, 6.07) is 4.25. The Hall–Kier alpha value is 0.247. The SMILES string of the molecule is CC(C)(C)[Si](C)(C)c1sc(-c2cc(Br)c(C=O)s2)cc1Br. The van der Waals surface area contributed by atoms with Crippen LogP contribution < -0.4 is 4.50 Å². The van der Waals surface area contributed by atoms with Gasteiger partial charge in [-0.05, 0) is 33.1 Å². The van der Waals surface area contributed by atoms with Gasteiger partial charge in [-0.25, -0.2) is 0 Å². The Bertz CT molecular complexity index is 680. The molecule has 114 valence electrons. The number of carbonyl (C=O) groups is 1. The molecule has 2 rings (SSSR count). The number of hydrogen-bond donors (Lipinski definition) is 0. The number of rotatable bonds is 3. The fraction of sp³-hybridized carbons (Fsp3) is 0.400. The lowest BCUT2D eigenvalue weighted by molar-refractivity contribution is 0.112. The lowest BCUT2D eigenvalue weighted by Gasteiger charge is -2.36. The van der Waals surface area contributed by atoms with E-state index in [1.54, 1.807) is 11.3 Å². The van der Waals surface area contributed by atoms with Crippen LogP contribution in [0.25, 0.3) is 9.75 Å². The van der Waals surface area contributed by atoms with E-state index in [1.807, 2.05) is 17.4 Å². The van der Waals surface area contributed by atoms with Crippen molar-refractivity contribution >= 4 is 73.4 Å². The molecule has 0 amide bonds. The third-order valence-electron chi connectivity index (χ3n) is 4.19. The van der Waals surface area contributed by atoms with Gasteiger partial charge in [0.15, 0.2) is 6.29 Å². The van der Waals surface area contributed by atoms with Crippen LogP contribution in [0.15, 0.2) is 21.1 Å². The smallest absolute Gasteiger partial charge is 0.161 e. The van der Waals surface area contributed by atoms with Gasteiger partial charge >= 0.3 is 0 Å². The van der Waals surface area contributed by atoms with Crippen molar-refractivity contribution < 1.29 is 4.79 Å². The van der Waals surface area contributed by atoms with Crippen LogP contribution in [0.3, 0.4) is 0 Å². The summed E-state index contributed by atoms with van der Waals surface area (Å²) < 4.78 is 3.59. The minimum absolute atomic E-state index is 0.307. The molecule has 2 aromatic rings. The van der Waals surface area contributed by atoms with E-state index in [0.29, 0.717) is 5.04 Å². The number of thiophene rings is 2. The number of carbonyl (C=O) groups excluding carboxylic acids is 1. The molecule has 0 N–H and O–H groups in total. The van der Waals surface area contributed by atoms with Crippen LogP contribution in [0, 0.1) is 0 Å². The summed E-state index contributed by atoms with van der Waals surface area (Å²) in [7, 11) is -1.56. The van der Waals surface area contributed by atoms with Crippen LogP contribution >= 0.6 is 54.5 Å². The van der Waals surface area contributed by atoms with Gasteiger partial charge in [-0.3, -0.25) is 4.79 Å². The Morgan fingerprint density at radius 2 is 1.57 bits per heavy atom. The molecule has 0 unspecified atom stereocenters. The molecule has 0 saturated carbocycles. The fourth-order valence-corrected chi connectivity index (χ4v) is 10.0. The van der Waals surface area contributed by atoms with E-state index >= 15 is 0 Å². The molecule has 0 aromatic carbocycles. The topological polar surface area (TPSA) is 17.1 Å². The maximum atomic E-state index is 11.0. The highest BCUT2D eigenvalue weighted by molar-refractivity contribution is 9.11. The summed E-state index contributed by atoms with van der Waals surface area (Å²) in [5.74, 6) is 0. The normalized spacial score (nSPS) is 12.7. The zero-order chi connectivity index (χ0) is 16.0. The van der Waals surface area contributed by atoms with Crippen LogP contribution in [0.2, 0.25) is 18.1 Å². The Kier molecular flexibility index (Phi) is 5.06. The van der Waals surface area contributed by atoms with Crippen molar-refractivity contribution in [3.8, 4) is 9.75 Å². The van der Waals surface area contributed by atoms with E-state index in [1.165, 1.54) is 13.9 Å². The molecular weight excluding hydrogens is 448 g/mol. The summed E-state index contributed by atoms with van der Waals surface area (Å²) in [5.41, 5.74) is 0. The summed E-state index contributed by atoms with van der Waals surface area (Å²) in [4.78, 5) is 14.2. The highest BCUT2D eigenvalue weighted by Crippen LogP contribution is 2.42. The van der Waals surface area contributed by atoms with Gasteiger partial charge in [0.25, 0.3) is 0 Å². The largest absolute Gasteiger partial charge is 0.297 e. The minimum Gasteiger partial charge on any atom is -0.297 e. The highest BCUT2D eigenvalue weighted by atomic mass is 79.9. The van der Waals surface area contributed by atoms with E-state index in [2.05, 4.69) is 71.8 Å². The monoisotopic (exact) mass is 464 g/mol. The Morgan fingerprint density at radius 3 is 2.05 bits per heavy atom. The molecule has 2 heterocycles. The van der Waals surface area contributed by atoms with Gasteiger partial charge in [0.1, 0.15) is 8.07 Å². The first-order valence-corrected chi connectivity index (χ1v) is 12.8. The van der Waals surface area contributed by atoms with Crippen LogP contribution in [-0.2, 0) is 0 Å². The molecule has 0 aliphatic carbocycles. The fourth-order valence-electron chi connectivity index (χ4n) is 1.84. The zero-order valence-electron chi connectivity index (χ0n) is 12.7. The molecule has 2 aromatic heterocycles. The molecule has 6 heteroatoms. The van der Waals surface area contributed by atoms with Crippen LogP contribution in [0.5, 0.6) is 0 Å². The highest BCUT2D eigenvalue weighted by Gasteiger charge is 2.39. The lowest BCUT2D eigenvalue weighted by Crippen LogP contribution is -2.48. The second-order valence-corrected chi connectivity index (χ2v) is 16.1. The summed E-state index contributed by atoms with van der Waals surface area (Å²) in [6.45, 7) is 11.8. The first kappa shape index (κ1) is 17.6. The molecule has 0 saturated heterocycles. The van der Waals surface area contributed by atoms with Crippen LogP contribution in [-0.4, -0.2) is 14.4 Å². The quantitative estimate of drug-likeness (QED) is 0.372. The Labute approximate surface area is 152 Å². The van der Waals surface area contributed by atoms with E-state index in [9.17, 15) is 4.79 Å². The standard InChI is InChI=1S/C15H18Br2OS2Si/c1-15(2,3)21(4,5)14-10(17)7-12(20-14)11-6-9(16)13(8-18)19-11/h6-8H,1-5H3. The second-order valence-electron chi connectivity index (χ2n) is 6.60. The van der Waals surface area contributed by atoms with Gasteiger partial charge in [0.05, 0.1) is 4.88 Å². The number of hydrogen-bond acceptors (Lipinski definition) is 3. The molecule has 0 atom stereocenters. The molecule has 1 nitrogen and oxygen atoms in total. The first-order chi connectivity index (χ1) is 9.57. The van der Waals surface area contributed by atoms with Crippen molar-refractivity contribution in [1.82, 2.24) is 0 Å². The minimum atomic E-state index is -1.56. The van der Waals surface area contributed by atoms with Crippen molar-refractivity contribution in [3.05, 3.63) is 26.0 Å². The average molecular weight is 466 g/mol. The van der Waals surface area contributed by atoms with Crippen LogP contribution in [0.4, 0.5) is 0 Å². The summed E-state index contributed by atoms with van der Waals surface area (Å²) in [5, 5.41) is 0.307. The van der Waals surface area contributed by atoms with Crippen molar-refractivity contribution in [2.24, 2.45) is 0 Å². The van der Waals surface area contributed by atoms with Crippen molar-refractivity contribution in [1.29, 1.82) is 0 Å². The van der Waals surface area contributed by atoms with Gasteiger partial charge < -0.3 is 0 Å². The average Bonchev–Trinajstić information content (AvgIpc) is 2.91. The van der Waals surface area contributed by atoms with Gasteiger partial charge in [-0.15, -0.1) is 22.7 Å². The molecule has 0 bridgehead atoms. The van der Waals surface area contributed by atoms with Crippen molar-refractivity contribution in [3.63, 3.8) is 0 Å². The van der Waals surface area contributed by atoms with E-state index in [0.717, 1.165) is 20.5 Å². The molecule has 21 heavy (non-hydrogen) atoms. The molecule has 0 fully saturated rings. The van der Waals surface area contributed by atoms with E-state index in [-0.39, 0.29) is 0 Å². The van der Waals surface area contributed by atoms with Gasteiger partial charge in [0.2, 0.25) is 0 Å². The lowest BCUT2D eigenvalue weighted by atomic mass is 10.2. The maximum absolute atomic E-state index is 11.0. The molecular formula is C15H18Br2OS2Si. The third kappa shape index (κ3) is 3.29. The molecule has 0 aliphatic heterocycles. The van der Waals surface area contributed by atoms with Crippen LogP contribution in [0.1, 0.15) is 30.4 Å². The van der Waals surface area contributed by atoms with Crippen molar-refractivity contribution in [2.45, 2.75) is 38.9 Å². The predicted octanol–water partition coefficient (Wildman–Crippen LogP) is 6.53. The molecule has 0 spiro atoms. The van der Waals surface area contributed by atoms with E-state index in [4.69, 9.17) is 0 Å². The Morgan fingerprint density at radius 1 is 1.05 bits per heavy atom. The summed E-state index contributed by atoms with van der Waals surface area (Å²) >= 11 is 10.6. The second kappa shape index (κ2) is 6.04. The van der Waals surface area contributed by atoms with Gasteiger partial charge in [0, 0.05) is 23.2 Å². The number of halogens is 2. The molecule has 0 radical (unpaired) electrons. The Balaban J connectivity index is 2.51. The van der Waals surface area contributed by atoms with Gasteiger partial charge in [-0.1, -0.05) is 49.8 Å². The third-order valence-corrected chi connectivity index (χ3v) is 15.6. The molecule has 0 aliphatic rings. The summed E-state index contributed by atoms with van der Waals surface area (Å²) in [6.07, 6.45) is 0.912. The van der Waals surface area contributed by atoms with Gasteiger partial charge in [-0.2, -0.15) is 0 Å². The number of aldehydes is 1. The maximum Gasteiger partial charge on any atom is 0.161 e. The predicted molar refractivity (Wildman–Crippen MR) is 105 cm³/mol. The van der Waals surface area contributed by atoms with Crippen molar-refractivity contribution in [2.75, 3.05) is 0 Å². The first-order valence-electron chi connectivity index (χ1n) is 6.62. The van der Waals surface area contributed by atoms with E-state index < -0.39 is 8.07 Å². The zero-order valence-corrected chi connectivity index (χ0v) is 18.5.